The maximum Gasteiger partial charge on any atom is 0.272 e. The van der Waals surface area contributed by atoms with Crippen molar-refractivity contribution < 1.29 is 22.7 Å². The third kappa shape index (κ3) is 3.94. The quantitative estimate of drug-likeness (QED) is 0.761. The van der Waals surface area contributed by atoms with Gasteiger partial charge in [-0.15, -0.1) is 0 Å². The summed E-state index contributed by atoms with van der Waals surface area (Å²) in [7, 11) is -1.94. The number of ether oxygens (including phenoxy) is 2. The van der Waals surface area contributed by atoms with E-state index in [-0.39, 0.29) is 18.1 Å². The highest BCUT2D eigenvalue weighted by molar-refractivity contribution is 7.89. The monoisotopic (exact) mass is 369 g/mol. The molecule has 25 heavy (non-hydrogen) atoms. The summed E-state index contributed by atoms with van der Waals surface area (Å²) in [6.45, 7) is 2.32. The molecule has 0 aliphatic carbocycles. The zero-order valence-electron chi connectivity index (χ0n) is 14.3. The van der Waals surface area contributed by atoms with Crippen molar-refractivity contribution in [2.45, 2.75) is 18.1 Å². The number of carbonyl (C=O) groups excluding carboxylic acids is 1. The van der Waals surface area contributed by atoms with Crippen molar-refractivity contribution in [2.75, 3.05) is 46.5 Å². The topological polar surface area (TPSA) is 89.0 Å². The highest BCUT2D eigenvalue weighted by Crippen LogP contribution is 2.22. The molecule has 0 N–H and O–H groups in total. The van der Waals surface area contributed by atoms with Crippen LogP contribution >= 0.6 is 0 Å². The van der Waals surface area contributed by atoms with Crippen molar-refractivity contribution in [2.24, 2.45) is 0 Å². The van der Waals surface area contributed by atoms with Crippen LogP contribution in [0.2, 0.25) is 0 Å². The number of pyridine rings is 1. The summed E-state index contributed by atoms with van der Waals surface area (Å²) in [6.07, 6.45) is 1.22. The van der Waals surface area contributed by atoms with Crippen LogP contribution in [0.15, 0.2) is 18.2 Å². The lowest BCUT2D eigenvalue weighted by Gasteiger charge is -2.36. The number of aromatic nitrogens is 1. The Balaban J connectivity index is 1.73. The molecule has 3 heterocycles. The fourth-order valence-electron chi connectivity index (χ4n) is 3.19. The molecule has 2 saturated heterocycles. The Morgan fingerprint density at radius 1 is 1.28 bits per heavy atom. The number of hydrogen-bond acceptors (Lipinski definition) is 6. The summed E-state index contributed by atoms with van der Waals surface area (Å²) in [4.78, 5) is 18.4. The first-order valence-corrected chi connectivity index (χ1v) is 9.89. The number of rotatable bonds is 4. The average Bonchev–Trinajstić information content (AvgIpc) is 2.68. The van der Waals surface area contributed by atoms with Gasteiger partial charge in [0.1, 0.15) is 5.69 Å². The molecule has 138 valence electrons. The van der Waals surface area contributed by atoms with Crippen molar-refractivity contribution in [3.05, 3.63) is 23.9 Å². The lowest BCUT2D eigenvalue weighted by molar-refractivity contribution is 0.0682. The van der Waals surface area contributed by atoms with E-state index in [0.29, 0.717) is 51.6 Å². The van der Waals surface area contributed by atoms with Gasteiger partial charge in [0.2, 0.25) is 15.9 Å². The van der Waals surface area contributed by atoms with Crippen LogP contribution in [0.1, 0.15) is 23.3 Å². The Kier molecular flexibility index (Phi) is 5.55. The smallest absolute Gasteiger partial charge is 0.272 e. The fraction of sp³-hybridized carbons (Fsp3) is 0.625. The fourth-order valence-corrected chi connectivity index (χ4v) is 5.10. The molecule has 1 aromatic heterocycles. The van der Waals surface area contributed by atoms with Crippen molar-refractivity contribution in [1.82, 2.24) is 14.2 Å². The molecule has 0 spiro atoms. The maximum atomic E-state index is 12.8. The Morgan fingerprint density at radius 3 is 2.76 bits per heavy atom. The predicted octanol–water partition coefficient (Wildman–Crippen LogP) is 0.357. The van der Waals surface area contributed by atoms with Crippen LogP contribution < -0.4 is 4.74 Å². The minimum absolute atomic E-state index is 0.192. The number of morpholine rings is 1. The van der Waals surface area contributed by atoms with E-state index in [0.717, 1.165) is 0 Å². The molecule has 9 heteroatoms. The number of carbonyl (C=O) groups is 1. The van der Waals surface area contributed by atoms with Crippen molar-refractivity contribution in [3.63, 3.8) is 0 Å². The molecule has 1 amide bonds. The van der Waals surface area contributed by atoms with Crippen molar-refractivity contribution >= 4 is 15.9 Å². The van der Waals surface area contributed by atoms with Crippen LogP contribution in [0.25, 0.3) is 0 Å². The van der Waals surface area contributed by atoms with E-state index in [1.54, 1.807) is 23.1 Å². The first-order valence-electron chi connectivity index (χ1n) is 8.39. The molecule has 8 nitrogen and oxygen atoms in total. The van der Waals surface area contributed by atoms with Gasteiger partial charge in [0, 0.05) is 32.2 Å². The summed E-state index contributed by atoms with van der Waals surface area (Å²) in [6, 6.07) is 4.98. The van der Waals surface area contributed by atoms with Gasteiger partial charge in [-0.2, -0.15) is 4.31 Å². The van der Waals surface area contributed by atoms with Crippen LogP contribution in [0.3, 0.4) is 0 Å². The zero-order chi connectivity index (χ0) is 17.9. The second-order valence-corrected chi connectivity index (χ2v) is 8.35. The number of nitrogens with zero attached hydrogens (tertiary/aromatic N) is 3. The molecule has 0 unspecified atom stereocenters. The van der Waals surface area contributed by atoms with E-state index < -0.39 is 15.3 Å². The Bertz CT molecular complexity index is 718. The van der Waals surface area contributed by atoms with Gasteiger partial charge in [0.05, 0.1) is 25.6 Å². The maximum absolute atomic E-state index is 12.8. The molecule has 0 bridgehead atoms. The van der Waals surface area contributed by atoms with Crippen molar-refractivity contribution in [1.29, 1.82) is 0 Å². The minimum atomic E-state index is -3.43. The van der Waals surface area contributed by atoms with E-state index >= 15 is 0 Å². The van der Waals surface area contributed by atoms with Gasteiger partial charge in [-0.05, 0) is 18.9 Å². The Hall–Kier alpha value is -1.71. The molecular weight excluding hydrogens is 346 g/mol. The number of sulfonamides is 1. The first-order chi connectivity index (χ1) is 12.0. The molecule has 2 fully saturated rings. The van der Waals surface area contributed by atoms with Crippen LogP contribution in [-0.2, 0) is 14.8 Å². The lowest BCUT2D eigenvalue weighted by Crippen LogP contribution is -2.51. The Morgan fingerprint density at radius 2 is 2.04 bits per heavy atom. The van der Waals surface area contributed by atoms with Gasteiger partial charge in [-0.1, -0.05) is 6.07 Å². The zero-order valence-corrected chi connectivity index (χ0v) is 15.1. The standard InChI is InChI=1S/C16H23N3O5S/c1-23-15-6-2-5-14(17-15)16(20)18-7-3-4-13(12-18)25(21,22)19-8-10-24-11-9-19/h2,5-6,13H,3-4,7-12H2,1H3/t13-/m0/s1. The molecule has 0 saturated carbocycles. The van der Waals surface area contributed by atoms with Gasteiger partial charge in [0.25, 0.3) is 5.91 Å². The second-order valence-electron chi connectivity index (χ2n) is 6.14. The molecule has 3 rings (SSSR count). The van der Waals surface area contributed by atoms with E-state index in [9.17, 15) is 13.2 Å². The molecule has 2 aliphatic rings. The number of hydrogen-bond donors (Lipinski definition) is 0. The summed E-state index contributed by atoms with van der Waals surface area (Å²) in [5.74, 6) is 0.0983. The number of amides is 1. The molecular formula is C16H23N3O5S. The predicted molar refractivity (Wildman–Crippen MR) is 91.0 cm³/mol. The second kappa shape index (κ2) is 7.67. The number of methoxy groups -OCH3 is 1. The van der Waals surface area contributed by atoms with Gasteiger partial charge in [-0.3, -0.25) is 4.79 Å². The highest BCUT2D eigenvalue weighted by Gasteiger charge is 2.37. The van der Waals surface area contributed by atoms with Gasteiger partial charge in [-0.25, -0.2) is 13.4 Å². The van der Waals surface area contributed by atoms with Crippen LogP contribution in [0.5, 0.6) is 5.88 Å². The van der Waals surface area contributed by atoms with Crippen LogP contribution in [0.4, 0.5) is 0 Å². The summed E-state index contributed by atoms with van der Waals surface area (Å²) in [5.41, 5.74) is 0.267. The summed E-state index contributed by atoms with van der Waals surface area (Å²) in [5, 5.41) is -0.575. The SMILES string of the molecule is COc1cccc(C(=O)N2CCC[C@H](S(=O)(=O)N3CCOCC3)C2)n1. The van der Waals surface area contributed by atoms with Gasteiger partial charge < -0.3 is 14.4 Å². The largest absolute Gasteiger partial charge is 0.481 e. The van der Waals surface area contributed by atoms with Crippen LogP contribution in [0, 0.1) is 0 Å². The van der Waals surface area contributed by atoms with Crippen molar-refractivity contribution in [3.8, 4) is 5.88 Å². The lowest BCUT2D eigenvalue weighted by atomic mass is 10.1. The third-order valence-corrected chi connectivity index (χ3v) is 6.88. The van der Waals surface area contributed by atoms with E-state index in [4.69, 9.17) is 9.47 Å². The summed E-state index contributed by atoms with van der Waals surface area (Å²) < 4.78 is 37.5. The minimum Gasteiger partial charge on any atom is -0.481 e. The Labute approximate surface area is 147 Å². The normalized spacial score (nSPS) is 22.6. The van der Waals surface area contributed by atoms with E-state index in [1.807, 2.05) is 0 Å². The van der Waals surface area contributed by atoms with Gasteiger partial charge in [0.15, 0.2) is 0 Å². The van der Waals surface area contributed by atoms with Gasteiger partial charge >= 0.3 is 0 Å². The third-order valence-electron chi connectivity index (χ3n) is 4.57. The first kappa shape index (κ1) is 18.1. The highest BCUT2D eigenvalue weighted by atomic mass is 32.2. The number of likely N-dealkylation sites (tertiary alicyclic amines) is 1. The molecule has 1 aromatic rings. The number of piperidine rings is 1. The van der Waals surface area contributed by atoms with Crippen LogP contribution in [-0.4, -0.2) is 80.3 Å². The molecule has 2 aliphatic heterocycles. The average molecular weight is 369 g/mol. The van der Waals surface area contributed by atoms with E-state index in [2.05, 4.69) is 4.98 Å². The molecule has 1 atom stereocenters. The molecule has 0 radical (unpaired) electrons. The van der Waals surface area contributed by atoms with E-state index in [1.165, 1.54) is 11.4 Å². The molecule has 0 aromatic carbocycles. The summed E-state index contributed by atoms with van der Waals surface area (Å²) >= 11 is 0.